The van der Waals surface area contributed by atoms with Gasteiger partial charge in [0.25, 0.3) is 0 Å². The van der Waals surface area contributed by atoms with Crippen molar-refractivity contribution in [3.8, 4) is 11.8 Å². The van der Waals surface area contributed by atoms with Crippen LogP contribution in [0.4, 0.5) is 0 Å². The van der Waals surface area contributed by atoms with Crippen molar-refractivity contribution < 1.29 is 14.3 Å². The number of methoxy groups -OCH3 is 1. The second kappa shape index (κ2) is 7.74. The molecule has 0 saturated carbocycles. The smallest absolute Gasteiger partial charge is 0.217 e. The van der Waals surface area contributed by atoms with Gasteiger partial charge in [-0.05, 0) is 20.5 Å². The number of rotatable bonds is 8. The summed E-state index contributed by atoms with van der Waals surface area (Å²) in [6.07, 6.45) is 1.36. The molecule has 1 rings (SSSR count). The van der Waals surface area contributed by atoms with Crippen molar-refractivity contribution in [2.45, 2.75) is 19.8 Å². The number of ether oxygens (including phenoxy) is 2. The number of carbonyl (C=O) groups is 1. The van der Waals surface area contributed by atoms with Gasteiger partial charge < -0.3 is 14.4 Å². The van der Waals surface area contributed by atoms with E-state index in [-0.39, 0.29) is 5.78 Å². The molecule has 0 N–H and O–H groups in total. The zero-order valence-electron chi connectivity index (χ0n) is 12.1. The molecule has 0 unspecified atom stereocenters. The molecule has 0 aromatic carbocycles. The number of aromatic nitrogens is 1. The lowest BCUT2D eigenvalue weighted by atomic mass is 10.1. The predicted molar refractivity (Wildman–Crippen MR) is 74.1 cm³/mol. The van der Waals surface area contributed by atoms with Gasteiger partial charge in [0, 0.05) is 30.7 Å². The average Bonchev–Trinajstić information content (AvgIpc) is 2.41. The molecule has 0 radical (unpaired) electrons. The van der Waals surface area contributed by atoms with E-state index in [9.17, 15) is 4.79 Å². The Balaban J connectivity index is 2.83. The van der Waals surface area contributed by atoms with E-state index in [1.54, 1.807) is 12.1 Å². The molecule has 106 valence electrons. The van der Waals surface area contributed by atoms with E-state index in [0.29, 0.717) is 36.9 Å². The van der Waals surface area contributed by atoms with Crippen molar-refractivity contribution in [1.29, 1.82) is 0 Å². The minimum Gasteiger partial charge on any atom is -0.481 e. The summed E-state index contributed by atoms with van der Waals surface area (Å²) in [7, 11) is 5.41. The van der Waals surface area contributed by atoms with Crippen LogP contribution in [0, 0.1) is 0 Å². The number of ketones is 1. The summed E-state index contributed by atoms with van der Waals surface area (Å²) in [5, 5.41) is 0. The fraction of sp³-hybridized carbons (Fsp3) is 0.571. The minimum atomic E-state index is 0.0655. The summed E-state index contributed by atoms with van der Waals surface area (Å²) in [6, 6.07) is 3.33. The summed E-state index contributed by atoms with van der Waals surface area (Å²) in [4.78, 5) is 18.2. The number of pyridine rings is 1. The number of carbonyl (C=O) groups excluding carboxylic acids is 1. The summed E-state index contributed by atoms with van der Waals surface area (Å²) in [6.45, 7) is 3.31. The Hall–Kier alpha value is -1.62. The lowest BCUT2D eigenvalue weighted by Crippen LogP contribution is -2.17. The lowest BCUT2D eigenvalue weighted by molar-refractivity contribution is 0.0971. The molecule has 0 aliphatic carbocycles. The molecule has 1 aromatic rings. The van der Waals surface area contributed by atoms with Crippen molar-refractivity contribution in [3.05, 3.63) is 17.7 Å². The second-order valence-electron chi connectivity index (χ2n) is 4.56. The third kappa shape index (κ3) is 5.26. The van der Waals surface area contributed by atoms with Crippen LogP contribution in [0.1, 0.15) is 30.1 Å². The molecular formula is C14H22N2O3. The first-order valence-corrected chi connectivity index (χ1v) is 6.43. The third-order valence-electron chi connectivity index (χ3n) is 2.55. The van der Waals surface area contributed by atoms with Crippen LogP contribution in [0.15, 0.2) is 12.1 Å². The van der Waals surface area contributed by atoms with Crippen LogP contribution in [0.3, 0.4) is 0 Å². The molecule has 5 heteroatoms. The largest absolute Gasteiger partial charge is 0.481 e. The molecule has 1 heterocycles. The average molecular weight is 266 g/mol. The molecule has 0 saturated heterocycles. The van der Waals surface area contributed by atoms with E-state index >= 15 is 0 Å². The minimum absolute atomic E-state index is 0.0655. The van der Waals surface area contributed by atoms with Gasteiger partial charge >= 0.3 is 0 Å². The molecule has 0 spiro atoms. The van der Waals surface area contributed by atoms with E-state index in [0.717, 1.165) is 6.42 Å². The molecular weight excluding hydrogens is 244 g/mol. The van der Waals surface area contributed by atoms with Gasteiger partial charge in [-0.1, -0.05) is 6.92 Å². The molecule has 0 aliphatic heterocycles. The Morgan fingerprint density at radius 1 is 1.32 bits per heavy atom. The van der Waals surface area contributed by atoms with Crippen molar-refractivity contribution >= 4 is 5.78 Å². The summed E-state index contributed by atoms with van der Waals surface area (Å²) < 4.78 is 10.6. The van der Waals surface area contributed by atoms with E-state index in [4.69, 9.17) is 9.47 Å². The number of hydrogen-bond acceptors (Lipinski definition) is 5. The highest BCUT2D eigenvalue weighted by molar-refractivity contribution is 5.96. The molecule has 0 bridgehead atoms. The lowest BCUT2D eigenvalue weighted by Gasteiger charge is -2.10. The van der Waals surface area contributed by atoms with Crippen molar-refractivity contribution in [1.82, 2.24) is 9.88 Å². The van der Waals surface area contributed by atoms with Gasteiger partial charge in [-0.15, -0.1) is 0 Å². The monoisotopic (exact) mass is 266 g/mol. The van der Waals surface area contributed by atoms with Crippen LogP contribution in [-0.4, -0.2) is 50.0 Å². The second-order valence-corrected chi connectivity index (χ2v) is 4.56. The summed E-state index contributed by atoms with van der Waals surface area (Å²) in [5.74, 6) is 0.909. The SMILES string of the molecule is CCCOc1cc(C(=O)CCN(C)C)cc(OC)n1. The highest BCUT2D eigenvalue weighted by Gasteiger charge is 2.11. The Kier molecular flexibility index (Phi) is 6.29. The van der Waals surface area contributed by atoms with Crippen LogP contribution < -0.4 is 9.47 Å². The molecule has 1 aromatic heterocycles. The van der Waals surface area contributed by atoms with E-state index in [2.05, 4.69) is 4.98 Å². The van der Waals surface area contributed by atoms with E-state index in [1.807, 2.05) is 25.9 Å². The van der Waals surface area contributed by atoms with Gasteiger partial charge in [0.15, 0.2) is 5.78 Å². The summed E-state index contributed by atoms with van der Waals surface area (Å²) in [5.41, 5.74) is 0.583. The van der Waals surface area contributed by atoms with Gasteiger partial charge in [0.2, 0.25) is 11.8 Å². The Labute approximate surface area is 114 Å². The third-order valence-corrected chi connectivity index (χ3v) is 2.55. The van der Waals surface area contributed by atoms with Crippen molar-refractivity contribution in [3.63, 3.8) is 0 Å². The Morgan fingerprint density at radius 2 is 2.00 bits per heavy atom. The molecule has 19 heavy (non-hydrogen) atoms. The van der Waals surface area contributed by atoms with Gasteiger partial charge in [-0.3, -0.25) is 4.79 Å². The van der Waals surface area contributed by atoms with Gasteiger partial charge in [0.1, 0.15) is 0 Å². The number of nitrogens with zero attached hydrogens (tertiary/aromatic N) is 2. The van der Waals surface area contributed by atoms with Crippen LogP contribution in [0.5, 0.6) is 11.8 Å². The van der Waals surface area contributed by atoms with Crippen molar-refractivity contribution in [2.24, 2.45) is 0 Å². The van der Waals surface area contributed by atoms with Crippen LogP contribution in [0.25, 0.3) is 0 Å². The van der Waals surface area contributed by atoms with Crippen LogP contribution in [-0.2, 0) is 0 Å². The molecule has 0 aliphatic rings. The number of Topliss-reactive ketones (excluding diaryl/α,β-unsaturated/α-hetero) is 1. The van der Waals surface area contributed by atoms with E-state index in [1.165, 1.54) is 7.11 Å². The summed E-state index contributed by atoms with van der Waals surface area (Å²) >= 11 is 0. The van der Waals surface area contributed by atoms with Crippen molar-refractivity contribution in [2.75, 3.05) is 34.4 Å². The van der Waals surface area contributed by atoms with E-state index < -0.39 is 0 Å². The molecule has 0 atom stereocenters. The van der Waals surface area contributed by atoms with Crippen LogP contribution >= 0.6 is 0 Å². The van der Waals surface area contributed by atoms with Gasteiger partial charge in [-0.25, -0.2) is 0 Å². The molecule has 0 fully saturated rings. The highest BCUT2D eigenvalue weighted by Crippen LogP contribution is 2.19. The first kappa shape index (κ1) is 15.4. The molecule has 0 amide bonds. The maximum absolute atomic E-state index is 12.1. The fourth-order valence-corrected chi connectivity index (χ4v) is 1.50. The van der Waals surface area contributed by atoms with Crippen LogP contribution in [0.2, 0.25) is 0 Å². The maximum Gasteiger partial charge on any atom is 0.217 e. The van der Waals surface area contributed by atoms with Gasteiger partial charge in [0.05, 0.1) is 13.7 Å². The zero-order valence-corrected chi connectivity index (χ0v) is 12.1. The maximum atomic E-state index is 12.1. The number of hydrogen-bond donors (Lipinski definition) is 0. The normalized spacial score (nSPS) is 10.6. The first-order valence-electron chi connectivity index (χ1n) is 6.43. The van der Waals surface area contributed by atoms with Gasteiger partial charge in [-0.2, -0.15) is 4.98 Å². The molecule has 5 nitrogen and oxygen atoms in total. The Bertz CT molecular complexity index is 419. The fourth-order valence-electron chi connectivity index (χ4n) is 1.50. The highest BCUT2D eigenvalue weighted by atomic mass is 16.5. The first-order chi connectivity index (χ1) is 9.06. The quantitative estimate of drug-likeness (QED) is 0.674. The Morgan fingerprint density at radius 3 is 2.58 bits per heavy atom. The topological polar surface area (TPSA) is 51.7 Å². The zero-order chi connectivity index (χ0) is 14.3. The standard InChI is InChI=1S/C14H22N2O3/c1-5-8-19-14-10-11(9-13(15-14)18-4)12(17)6-7-16(2)3/h9-10H,5-8H2,1-4H3. The predicted octanol–water partition coefficient (Wildman–Crippen LogP) is 2.01.